The standard InChI is InChI=1S/C13H26N2/c14-15-13(10-12-6-3-7-12)9-8-11-4-1-2-5-11/h11-13,15H,1-10,14H2. The van der Waals surface area contributed by atoms with E-state index in [0.717, 1.165) is 11.8 Å². The summed E-state index contributed by atoms with van der Waals surface area (Å²) < 4.78 is 0. The van der Waals surface area contributed by atoms with Gasteiger partial charge in [-0.3, -0.25) is 11.3 Å². The van der Waals surface area contributed by atoms with Gasteiger partial charge in [-0.05, 0) is 31.1 Å². The monoisotopic (exact) mass is 210 g/mol. The molecule has 1 unspecified atom stereocenters. The van der Waals surface area contributed by atoms with Crippen molar-refractivity contribution < 1.29 is 0 Å². The van der Waals surface area contributed by atoms with E-state index in [-0.39, 0.29) is 0 Å². The average molecular weight is 210 g/mol. The predicted molar refractivity (Wildman–Crippen MR) is 64.3 cm³/mol. The fraction of sp³-hybridized carbons (Fsp3) is 1.00. The van der Waals surface area contributed by atoms with Gasteiger partial charge in [0.1, 0.15) is 0 Å². The number of hydrogen-bond acceptors (Lipinski definition) is 2. The lowest BCUT2D eigenvalue weighted by molar-refractivity contribution is 0.248. The van der Waals surface area contributed by atoms with Crippen molar-refractivity contribution in [3.05, 3.63) is 0 Å². The Morgan fingerprint density at radius 3 is 2.20 bits per heavy atom. The Morgan fingerprint density at radius 2 is 1.67 bits per heavy atom. The molecule has 2 heteroatoms. The molecule has 0 aliphatic heterocycles. The van der Waals surface area contributed by atoms with E-state index in [9.17, 15) is 0 Å². The second-order valence-corrected chi connectivity index (χ2v) is 5.62. The van der Waals surface area contributed by atoms with Gasteiger partial charge in [-0.15, -0.1) is 0 Å². The first-order valence-electron chi connectivity index (χ1n) is 6.84. The summed E-state index contributed by atoms with van der Waals surface area (Å²) in [5, 5.41) is 0. The van der Waals surface area contributed by atoms with Crippen LogP contribution < -0.4 is 11.3 Å². The number of nitrogens with two attached hydrogens (primary N) is 1. The third-order valence-electron chi connectivity index (χ3n) is 4.48. The van der Waals surface area contributed by atoms with Crippen LogP contribution in [0.3, 0.4) is 0 Å². The molecule has 2 aliphatic rings. The summed E-state index contributed by atoms with van der Waals surface area (Å²) in [5.41, 5.74) is 3.03. The number of nitrogens with one attached hydrogen (secondary N) is 1. The summed E-state index contributed by atoms with van der Waals surface area (Å²) >= 11 is 0. The van der Waals surface area contributed by atoms with Gasteiger partial charge in [-0.1, -0.05) is 44.9 Å². The Bertz CT molecular complexity index is 171. The van der Waals surface area contributed by atoms with Crippen molar-refractivity contribution in [2.45, 2.75) is 70.3 Å². The lowest BCUT2D eigenvalue weighted by Crippen LogP contribution is -2.37. The minimum absolute atomic E-state index is 0.593. The first kappa shape index (κ1) is 11.4. The molecule has 1 atom stereocenters. The SMILES string of the molecule is NNC(CCC1CCCC1)CC1CCC1. The highest BCUT2D eigenvalue weighted by Crippen LogP contribution is 2.33. The minimum Gasteiger partial charge on any atom is -0.271 e. The Kier molecular flexibility index (Phi) is 4.45. The average Bonchev–Trinajstić information content (AvgIpc) is 2.68. The smallest absolute Gasteiger partial charge is 0.0213 e. The van der Waals surface area contributed by atoms with E-state index in [1.807, 2.05) is 0 Å². The van der Waals surface area contributed by atoms with Crippen molar-refractivity contribution >= 4 is 0 Å². The highest BCUT2D eigenvalue weighted by Gasteiger charge is 2.22. The Balaban J connectivity index is 1.60. The van der Waals surface area contributed by atoms with E-state index in [2.05, 4.69) is 5.43 Å². The summed E-state index contributed by atoms with van der Waals surface area (Å²) in [6.07, 6.45) is 14.2. The molecule has 0 spiro atoms. The quantitative estimate of drug-likeness (QED) is 0.522. The van der Waals surface area contributed by atoms with Crippen LogP contribution in [0, 0.1) is 11.8 Å². The zero-order valence-electron chi connectivity index (χ0n) is 9.88. The Hall–Kier alpha value is -0.0800. The fourth-order valence-corrected chi connectivity index (χ4v) is 3.14. The van der Waals surface area contributed by atoms with Crippen molar-refractivity contribution in [1.82, 2.24) is 5.43 Å². The van der Waals surface area contributed by atoms with Crippen LogP contribution in [0.15, 0.2) is 0 Å². The van der Waals surface area contributed by atoms with E-state index in [1.165, 1.54) is 64.2 Å². The van der Waals surface area contributed by atoms with Gasteiger partial charge in [0, 0.05) is 6.04 Å². The number of hydrazine groups is 1. The topological polar surface area (TPSA) is 38.0 Å². The van der Waals surface area contributed by atoms with Gasteiger partial charge >= 0.3 is 0 Å². The predicted octanol–water partition coefficient (Wildman–Crippen LogP) is 2.98. The second-order valence-electron chi connectivity index (χ2n) is 5.62. The summed E-state index contributed by atoms with van der Waals surface area (Å²) in [6.45, 7) is 0. The maximum Gasteiger partial charge on any atom is 0.0213 e. The zero-order valence-corrected chi connectivity index (χ0v) is 9.88. The van der Waals surface area contributed by atoms with Crippen LogP contribution in [0.25, 0.3) is 0 Å². The second kappa shape index (κ2) is 5.86. The summed E-state index contributed by atoms with van der Waals surface area (Å²) in [7, 11) is 0. The first-order chi connectivity index (χ1) is 7.38. The molecule has 15 heavy (non-hydrogen) atoms. The maximum absolute atomic E-state index is 5.63. The molecule has 0 heterocycles. The summed E-state index contributed by atoms with van der Waals surface area (Å²) in [5.74, 6) is 7.63. The third-order valence-corrected chi connectivity index (χ3v) is 4.48. The molecule has 0 amide bonds. The number of rotatable bonds is 6. The Labute approximate surface area is 94.0 Å². The molecule has 0 aromatic carbocycles. The van der Waals surface area contributed by atoms with Gasteiger partial charge in [-0.2, -0.15) is 0 Å². The van der Waals surface area contributed by atoms with Crippen molar-refractivity contribution in [3.8, 4) is 0 Å². The van der Waals surface area contributed by atoms with Gasteiger partial charge in [-0.25, -0.2) is 0 Å². The molecule has 0 aromatic heterocycles. The van der Waals surface area contributed by atoms with Crippen molar-refractivity contribution in [3.63, 3.8) is 0 Å². The molecule has 2 fully saturated rings. The minimum atomic E-state index is 0.593. The van der Waals surface area contributed by atoms with E-state index >= 15 is 0 Å². The molecule has 2 nitrogen and oxygen atoms in total. The molecule has 0 aromatic rings. The van der Waals surface area contributed by atoms with Crippen LogP contribution in [0.1, 0.15) is 64.2 Å². The molecule has 0 radical (unpaired) electrons. The normalized spacial score (nSPS) is 25.4. The molecular weight excluding hydrogens is 184 g/mol. The van der Waals surface area contributed by atoms with Crippen LogP contribution in [0.5, 0.6) is 0 Å². The molecule has 0 saturated heterocycles. The summed E-state index contributed by atoms with van der Waals surface area (Å²) in [6, 6.07) is 0.593. The fourth-order valence-electron chi connectivity index (χ4n) is 3.14. The highest BCUT2D eigenvalue weighted by atomic mass is 15.2. The van der Waals surface area contributed by atoms with E-state index in [0.29, 0.717) is 6.04 Å². The molecule has 88 valence electrons. The maximum atomic E-state index is 5.63. The molecule has 2 saturated carbocycles. The Morgan fingerprint density at radius 1 is 1.00 bits per heavy atom. The summed E-state index contributed by atoms with van der Waals surface area (Å²) in [4.78, 5) is 0. The molecular formula is C13H26N2. The van der Waals surface area contributed by atoms with Gasteiger partial charge in [0.05, 0.1) is 0 Å². The molecule has 0 bridgehead atoms. The zero-order chi connectivity index (χ0) is 10.5. The van der Waals surface area contributed by atoms with Crippen molar-refractivity contribution in [2.24, 2.45) is 17.7 Å². The van der Waals surface area contributed by atoms with Crippen molar-refractivity contribution in [2.75, 3.05) is 0 Å². The first-order valence-corrected chi connectivity index (χ1v) is 6.84. The van der Waals surface area contributed by atoms with Crippen LogP contribution in [0.4, 0.5) is 0 Å². The van der Waals surface area contributed by atoms with Crippen LogP contribution in [0.2, 0.25) is 0 Å². The van der Waals surface area contributed by atoms with Crippen LogP contribution in [-0.4, -0.2) is 6.04 Å². The van der Waals surface area contributed by atoms with Gasteiger partial charge < -0.3 is 0 Å². The third kappa shape index (κ3) is 3.46. The molecule has 2 rings (SSSR count). The molecule has 3 N–H and O–H groups in total. The number of hydrogen-bond donors (Lipinski definition) is 2. The lowest BCUT2D eigenvalue weighted by atomic mass is 9.80. The van der Waals surface area contributed by atoms with Gasteiger partial charge in [0.15, 0.2) is 0 Å². The largest absolute Gasteiger partial charge is 0.271 e. The van der Waals surface area contributed by atoms with Gasteiger partial charge in [0.2, 0.25) is 0 Å². The van der Waals surface area contributed by atoms with E-state index in [1.54, 1.807) is 0 Å². The lowest BCUT2D eigenvalue weighted by Gasteiger charge is -2.29. The van der Waals surface area contributed by atoms with E-state index in [4.69, 9.17) is 5.84 Å². The van der Waals surface area contributed by atoms with E-state index < -0.39 is 0 Å². The van der Waals surface area contributed by atoms with Gasteiger partial charge in [0.25, 0.3) is 0 Å². The molecule has 2 aliphatic carbocycles. The van der Waals surface area contributed by atoms with Crippen LogP contribution >= 0.6 is 0 Å². The van der Waals surface area contributed by atoms with Crippen molar-refractivity contribution in [1.29, 1.82) is 0 Å². The van der Waals surface area contributed by atoms with Crippen LogP contribution in [-0.2, 0) is 0 Å². The highest BCUT2D eigenvalue weighted by molar-refractivity contribution is 4.77.